The van der Waals surface area contributed by atoms with E-state index in [0.29, 0.717) is 12.8 Å². The van der Waals surface area contributed by atoms with Crippen LogP contribution >= 0.6 is 0 Å². The summed E-state index contributed by atoms with van der Waals surface area (Å²) in [6.45, 7) is 3.90. The molecule has 0 aliphatic heterocycles. The van der Waals surface area contributed by atoms with Crippen molar-refractivity contribution in [2.24, 2.45) is 18.9 Å². The number of benzene rings is 1. The minimum Gasteiger partial charge on any atom is -0.357 e. The first-order valence-corrected chi connectivity index (χ1v) is 9.74. The monoisotopic (exact) mass is 402 g/mol. The Morgan fingerprint density at radius 3 is 2.45 bits per heavy atom. The third-order valence-corrected chi connectivity index (χ3v) is 4.97. The normalized spacial score (nSPS) is 13.2. The van der Waals surface area contributed by atoms with E-state index in [9.17, 15) is 14.4 Å². The molecule has 2 aromatic rings. The predicted molar refractivity (Wildman–Crippen MR) is 110 cm³/mol. The highest BCUT2D eigenvalue weighted by molar-refractivity contribution is 5.91. The van der Waals surface area contributed by atoms with E-state index in [-0.39, 0.29) is 24.2 Å². The number of hydroxylamine groups is 1. The van der Waals surface area contributed by atoms with Gasteiger partial charge in [-0.15, -0.1) is 0 Å². The predicted octanol–water partition coefficient (Wildman–Crippen LogP) is 1.51. The van der Waals surface area contributed by atoms with Crippen LogP contribution in [0.15, 0.2) is 30.5 Å². The summed E-state index contributed by atoms with van der Waals surface area (Å²) in [6.07, 6.45) is 2.61. The first-order valence-electron chi connectivity index (χ1n) is 9.74. The van der Waals surface area contributed by atoms with Gasteiger partial charge in [0.1, 0.15) is 6.04 Å². The second kappa shape index (κ2) is 10.1. The quantitative estimate of drug-likeness (QED) is 0.376. The van der Waals surface area contributed by atoms with Crippen LogP contribution < -0.4 is 16.1 Å². The van der Waals surface area contributed by atoms with Crippen molar-refractivity contribution in [3.63, 3.8) is 0 Å². The van der Waals surface area contributed by atoms with E-state index in [1.165, 1.54) is 7.05 Å². The molecule has 0 aliphatic rings. The number of fused-ring (bicyclic) bond motifs is 1. The molecule has 0 radical (unpaired) electrons. The Bertz CT molecular complexity index is 875. The summed E-state index contributed by atoms with van der Waals surface area (Å²) in [7, 11) is 3.46. The Morgan fingerprint density at radius 1 is 1.14 bits per heavy atom. The number of hydrogen-bond donors (Lipinski definition) is 4. The van der Waals surface area contributed by atoms with Gasteiger partial charge in [-0.05, 0) is 24.0 Å². The average molecular weight is 402 g/mol. The molecule has 8 nitrogen and oxygen atoms in total. The summed E-state index contributed by atoms with van der Waals surface area (Å²) in [5.74, 6) is -1.77. The highest BCUT2D eigenvalue weighted by atomic mass is 16.5. The van der Waals surface area contributed by atoms with Crippen molar-refractivity contribution in [3.8, 4) is 0 Å². The summed E-state index contributed by atoms with van der Waals surface area (Å²) in [4.78, 5) is 36.9. The van der Waals surface area contributed by atoms with Crippen LogP contribution in [0.2, 0.25) is 0 Å². The molecule has 8 heteroatoms. The average Bonchev–Trinajstić information content (AvgIpc) is 3.01. The molecular formula is C21H30N4O4. The molecule has 2 atom stereocenters. The van der Waals surface area contributed by atoms with Crippen LogP contribution in [0.25, 0.3) is 10.9 Å². The Morgan fingerprint density at radius 2 is 1.83 bits per heavy atom. The van der Waals surface area contributed by atoms with Gasteiger partial charge in [-0.1, -0.05) is 32.0 Å². The Balaban J connectivity index is 2.23. The summed E-state index contributed by atoms with van der Waals surface area (Å²) in [5, 5.41) is 15.2. The molecule has 0 saturated carbocycles. The number of carbonyl (C=O) groups excluding carboxylic acids is 3. The number of hydrogen-bond acceptors (Lipinski definition) is 4. The van der Waals surface area contributed by atoms with Gasteiger partial charge in [-0.25, -0.2) is 5.48 Å². The Kier molecular flexibility index (Phi) is 7.78. The fourth-order valence-electron chi connectivity index (χ4n) is 3.60. The van der Waals surface area contributed by atoms with Gasteiger partial charge >= 0.3 is 0 Å². The lowest BCUT2D eigenvalue weighted by molar-refractivity contribution is -0.136. The Labute approximate surface area is 170 Å². The molecule has 0 spiro atoms. The van der Waals surface area contributed by atoms with E-state index < -0.39 is 17.9 Å². The fourth-order valence-corrected chi connectivity index (χ4v) is 3.60. The van der Waals surface area contributed by atoms with Crippen LogP contribution in [0.1, 0.15) is 32.3 Å². The molecule has 3 amide bonds. The van der Waals surface area contributed by atoms with Crippen molar-refractivity contribution in [3.05, 3.63) is 36.0 Å². The van der Waals surface area contributed by atoms with Crippen molar-refractivity contribution in [1.82, 2.24) is 20.7 Å². The third kappa shape index (κ3) is 5.80. The van der Waals surface area contributed by atoms with Gasteiger partial charge in [-0.3, -0.25) is 19.6 Å². The molecule has 0 unspecified atom stereocenters. The van der Waals surface area contributed by atoms with E-state index in [1.54, 1.807) is 5.48 Å². The number of likely N-dealkylation sites (N-methyl/N-ethyl adjacent to an activating group) is 1. The number of carbonyl (C=O) groups is 3. The lowest BCUT2D eigenvalue weighted by Gasteiger charge is -2.22. The van der Waals surface area contributed by atoms with Crippen LogP contribution in [0, 0.1) is 11.8 Å². The number of nitrogens with zero attached hydrogens (tertiary/aromatic N) is 1. The zero-order chi connectivity index (χ0) is 21.6. The minimum atomic E-state index is -0.773. The zero-order valence-electron chi connectivity index (χ0n) is 17.4. The molecule has 2 rings (SSSR count). The van der Waals surface area contributed by atoms with Crippen molar-refractivity contribution in [1.29, 1.82) is 0 Å². The van der Waals surface area contributed by atoms with Gasteiger partial charge in [0.15, 0.2) is 0 Å². The maximum atomic E-state index is 12.9. The smallest absolute Gasteiger partial charge is 0.244 e. The van der Waals surface area contributed by atoms with Crippen LogP contribution in [0.4, 0.5) is 0 Å². The molecule has 0 fully saturated rings. The van der Waals surface area contributed by atoms with E-state index in [1.807, 2.05) is 55.9 Å². The summed E-state index contributed by atoms with van der Waals surface area (Å²) in [5.41, 5.74) is 3.57. The maximum absolute atomic E-state index is 12.9. The second-order valence-electron chi connectivity index (χ2n) is 7.73. The lowest BCUT2D eigenvalue weighted by Crippen LogP contribution is -2.49. The molecule has 0 saturated heterocycles. The molecule has 1 aromatic heterocycles. The van der Waals surface area contributed by atoms with E-state index in [0.717, 1.165) is 16.5 Å². The van der Waals surface area contributed by atoms with E-state index >= 15 is 0 Å². The third-order valence-electron chi connectivity index (χ3n) is 4.97. The van der Waals surface area contributed by atoms with Gasteiger partial charge in [0, 0.05) is 50.0 Å². The summed E-state index contributed by atoms with van der Waals surface area (Å²) >= 11 is 0. The van der Waals surface area contributed by atoms with Gasteiger partial charge in [0.2, 0.25) is 17.7 Å². The van der Waals surface area contributed by atoms with Gasteiger partial charge < -0.3 is 15.2 Å². The fraction of sp³-hybridized carbons (Fsp3) is 0.476. The van der Waals surface area contributed by atoms with Gasteiger partial charge in [-0.2, -0.15) is 0 Å². The molecule has 1 heterocycles. The van der Waals surface area contributed by atoms with Crippen molar-refractivity contribution in [2.75, 3.05) is 7.05 Å². The van der Waals surface area contributed by atoms with Crippen molar-refractivity contribution in [2.45, 2.75) is 39.2 Å². The number of amides is 3. The molecular weight excluding hydrogens is 372 g/mol. The first kappa shape index (κ1) is 22.4. The Hall–Kier alpha value is -2.87. The minimum absolute atomic E-state index is 0.144. The molecule has 158 valence electrons. The van der Waals surface area contributed by atoms with Crippen LogP contribution in [-0.4, -0.2) is 40.6 Å². The second-order valence-corrected chi connectivity index (χ2v) is 7.73. The highest BCUT2D eigenvalue weighted by Crippen LogP contribution is 2.22. The largest absolute Gasteiger partial charge is 0.357 e. The van der Waals surface area contributed by atoms with Crippen molar-refractivity contribution < 1.29 is 19.6 Å². The van der Waals surface area contributed by atoms with E-state index in [2.05, 4.69) is 10.6 Å². The van der Waals surface area contributed by atoms with Crippen molar-refractivity contribution >= 4 is 28.6 Å². The topological polar surface area (TPSA) is 112 Å². The first-order chi connectivity index (χ1) is 13.8. The standard InChI is InChI=1S/C21H30N4O4/c1-13(2)9-14(11-19(26)24-29)20(27)23-17(21(28)22-3)10-15-12-25(4)18-8-6-5-7-16(15)18/h5-8,12-14,17,29H,9-11H2,1-4H3,(H,22,28)(H,23,27)(H,24,26)/t14-,17-/m1/s1. The molecule has 1 aromatic carbocycles. The highest BCUT2D eigenvalue weighted by Gasteiger charge is 2.28. The summed E-state index contributed by atoms with van der Waals surface area (Å²) in [6, 6.07) is 7.10. The number of aromatic nitrogens is 1. The van der Waals surface area contributed by atoms with E-state index in [4.69, 9.17) is 5.21 Å². The molecule has 4 N–H and O–H groups in total. The maximum Gasteiger partial charge on any atom is 0.244 e. The molecule has 0 aliphatic carbocycles. The van der Waals surface area contributed by atoms with Gasteiger partial charge in [0.25, 0.3) is 0 Å². The number of nitrogens with one attached hydrogen (secondary N) is 3. The number of para-hydroxylation sites is 1. The molecule has 29 heavy (non-hydrogen) atoms. The lowest BCUT2D eigenvalue weighted by atomic mass is 9.92. The van der Waals surface area contributed by atoms with Crippen LogP contribution in [0.5, 0.6) is 0 Å². The zero-order valence-corrected chi connectivity index (χ0v) is 17.4. The number of rotatable bonds is 9. The SMILES string of the molecule is CNC(=O)[C@@H](Cc1cn(C)c2ccccc12)NC(=O)[C@@H](CC(=O)NO)CC(C)C. The van der Waals surface area contributed by atoms with Gasteiger partial charge in [0.05, 0.1) is 0 Å². The van der Waals surface area contributed by atoms with Crippen LogP contribution in [-0.2, 0) is 27.9 Å². The summed E-state index contributed by atoms with van der Waals surface area (Å²) < 4.78 is 1.99. The number of aryl methyl sites for hydroxylation is 1. The molecule has 0 bridgehead atoms. The van der Waals surface area contributed by atoms with Crippen LogP contribution in [0.3, 0.4) is 0 Å².